The van der Waals surface area contributed by atoms with Gasteiger partial charge in [-0.1, -0.05) is 26.0 Å². The number of carbonyl (C=O) groups excluding carboxylic acids is 1. The molecule has 0 bridgehead atoms. The minimum absolute atomic E-state index is 0.0220. The lowest BCUT2D eigenvalue weighted by atomic mass is 9.77. The highest BCUT2D eigenvalue weighted by molar-refractivity contribution is 5.96. The van der Waals surface area contributed by atoms with E-state index in [-0.39, 0.29) is 45.8 Å². The zero-order chi connectivity index (χ0) is 31.6. The van der Waals surface area contributed by atoms with Crippen LogP contribution in [0.5, 0.6) is 11.5 Å². The first kappa shape index (κ1) is 31.9. The van der Waals surface area contributed by atoms with E-state index in [1.54, 1.807) is 26.0 Å². The molecule has 7 N–H and O–H groups in total. The van der Waals surface area contributed by atoms with Crippen LogP contribution in [-0.2, 0) is 19.1 Å². The first-order chi connectivity index (χ1) is 20.2. The number of phenolic OH excluding ortho intramolecular Hbond substituents is 1. The minimum Gasteiger partial charge on any atom is -0.508 e. The summed E-state index contributed by atoms with van der Waals surface area (Å²) in [5, 5.41) is 72.1. The summed E-state index contributed by atoms with van der Waals surface area (Å²) in [6, 6.07) is 9.98. The van der Waals surface area contributed by atoms with Crippen LogP contribution < -0.4 is 10.2 Å². The van der Waals surface area contributed by atoms with Gasteiger partial charge in [-0.2, -0.15) is 0 Å². The summed E-state index contributed by atoms with van der Waals surface area (Å²) >= 11 is 0. The second-order valence-corrected chi connectivity index (χ2v) is 10.6. The topological polar surface area (TPSA) is 234 Å². The van der Waals surface area contributed by atoms with E-state index in [0.29, 0.717) is 5.56 Å². The van der Waals surface area contributed by atoms with Crippen molar-refractivity contribution in [2.24, 2.45) is 5.92 Å². The van der Waals surface area contributed by atoms with E-state index in [1.807, 2.05) is 0 Å². The number of carbonyl (C=O) groups is 2. The highest BCUT2D eigenvalue weighted by Gasteiger charge is 2.60. The standard InChI is InChI=1S/C29H32O14/c1-13(2)9-21(31)29(39)24(34)20(12-41-27(38)23(33)26(36)37)43-28(25(29)35)42-16-7-8-17-19(10-16)40-11-18(22(17)32)14-3-5-15(30)6-4-14/h3-8,10-11,13,20-21,23-25,28,30-31,33-35,39H,9,12H2,1-2H3,(H,36,37)/t20-,21-,23+,24-,25+,28-,29-/m0/s1. The van der Waals surface area contributed by atoms with E-state index < -0.39 is 61.0 Å². The van der Waals surface area contributed by atoms with Gasteiger partial charge in [0.05, 0.1) is 17.1 Å². The van der Waals surface area contributed by atoms with Crippen LogP contribution >= 0.6 is 0 Å². The summed E-state index contributed by atoms with van der Waals surface area (Å²) in [5.41, 5.74) is -2.23. The van der Waals surface area contributed by atoms with E-state index in [0.717, 1.165) is 0 Å². The Labute approximate surface area is 243 Å². The predicted molar refractivity (Wildman–Crippen MR) is 146 cm³/mol. The van der Waals surface area contributed by atoms with Crippen molar-refractivity contribution in [3.63, 3.8) is 0 Å². The Morgan fingerprint density at radius 2 is 1.72 bits per heavy atom. The molecule has 7 atom stereocenters. The molecule has 0 unspecified atom stereocenters. The van der Waals surface area contributed by atoms with Crippen molar-refractivity contribution < 1.29 is 64.0 Å². The van der Waals surface area contributed by atoms with E-state index in [2.05, 4.69) is 0 Å². The number of rotatable bonds is 10. The summed E-state index contributed by atoms with van der Waals surface area (Å²) in [7, 11) is 0. The van der Waals surface area contributed by atoms with Crippen LogP contribution in [0.3, 0.4) is 0 Å². The number of aliphatic hydroxyl groups is 5. The fourth-order valence-corrected chi connectivity index (χ4v) is 4.76. The third kappa shape index (κ3) is 6.49. The molecule has 0 radical (unpaired) electrons. The Balaban J connectivity index is 1.62. The number of aliphatic hydroxyl groups excluding tert-OH is 4. The molecular weight excluding hydrogens is 572 g/mol. The van der Waals surface area contributed by atoms with Gasteiger partial charge in [-0.05, 0) is 42.2 Å². The monoisotopic (exact) mass is 604 g/mol. The first-order valence-corrected chi connectivity index (χ1v) is 13.2. The zero-order valence-corrected chi connectivity index (χ0v) is 23.1. The molecule has 14 heteroatoms. The van der Waals surface area contributed by atoms with Crippen LogP contribution in [0, 0.1) is 5.92 Å². The van der Waals surface area contributed by atoms with Gasteiger partial charge < -0.3 is 54.4 Å². The van der Waals surface area contributed by atoms with Crippen molar-refractivity contribution >= 4 is 22.9 Å². The van der Waals surface area contributed by atoms with Crippen molar-refractivity contribution in [1.82, 2.24) is 0 Å². The number of hydrogen-bond acceptors (Lipinski definition) is 13. The smallest absolute Gasteiger partial charge is 0.346 e. The van der Waals surface area contributed by atoms with Crippen molar-refractivity contribution in [3.8, 4) is 22.6 Å². The number of carboxylic acids is 1. The summed E-state index contributed by atoms with van der Waals surface area (Å²) in [6.07, 6.45) is -10.7. The van der Waals surface area contributed by atoms with Gasteiger partial charge >= 0.3 is 11.9 Å². The zero-order valence-electron chi connectivity index (χ0n) is 23.1. The van der Waals surface area contributed by atoms with Crippen LogP contribution in [0.4, 0.5) is 0 Å². The molecule has 1 aromatic heterocycles. The number of esters is 1. The number of phenols is 1. The summed E-state index contributed by atoms with van der Waals surface area (Å²) in [4.78, 5) is 35.8. The SMILES string of the molecule is CC(C)C[C@H](O)[C@@]1(O)[C@H](O)[C@@H](Oc2ccc3c(=O)c(-c4ccc(O)cc4)coc3c2)O[C@@H](COC(=O)[C@H](O)C(=O)O)[C@@H]1O. The number of ether oxygens (including phenoxy) is 3. The number of hydrogen-bond donors (Lipinski definition) is 7. The van der Waals surface area contributed by atoms with Crippen molar-refractivity contribution in [1.29, 1.82) is 0 Å². The number of fused-ring (bicyclic) bond motifs is 1. The molecule has 232 valence electrons. The molecule has 0 spiro atoms. The van der Waals surface area contributed by atoms with E-state index in [4.69, 9.17) is 23.7 Å². The van der Waals surface area contributed by atoms with E-state index in [9.17, 15) is 45.0 Å². The van der Waals surface area contributed by atoms with Gasteiger partial charge in [0.15, 0.2) is 11.0 Å². The average molecular weight is 605 g/mol. The molecule has 0 aliphatic carbocycles. The Morgan fingerprint density at radius 3 is 2.35 bits per heavy atom. The van der Waals surface area contributed by atoms with Crippen LogP contribution in [0.15, 0.2) is 57.9 Å². The fourth-order valence-electron chi connectivity index (χ4n) is 4.76. The average Bonchev–Trinajstić information content (AvgIpc) is 2.96. The number of aromatic hydroxyl groups is 1. The number of aliphatic carboxylic acids is 1. The van der Waals surface area contributed by atoms with Crippen LogP contribution in [-0.4, -0.2) is 96.7 Å². The molecule has 1 fully saturated rings. The molecule has 3 aromatic rings. The summed E-state index contributed by atoms with van der Waals surface area (Å²) in [5.74, 6) is -3.65. The lowest BCUT2D eigenvalue weighted by Gasteiger charge is -2.49. The van der Waals surface area contributed by atoms with Gasteiger partial charge in [-0.3, -0.25) is 4.79 Å². The lowest BCUT2D eigenvalue weighted by Crippen LogP contribution is -2.72. The Bertz CT molecular complexity index is 1520. The van der Waals surface area contributed by atoms with Gasteiger partial charge in [-0.15, -0.1) is 0 Å². The quantitative estimate of drug-likeness (QED) is 0.120. The molecular formula is C29H32O14. The Kier molecular flexibility index (Phi) is 9.39. The maximum absolute atomic E-state index is 13.1. The van der Waals surface area contributed by atoms with Gasteiger partial charge in [0, 0.05) is 6.07 Å². The van der Waals surface area contributed by atoms with Gasteiger partial charge in [-0.25, -0.2) is 9.59 Å². The normalized spacial score (nSPS) is 25.3. The third-order valence-corrected chi connectivity index (χ3v) is 7.12. The van der Waals surface area contributed by atoms with Gasteiger partial charge in [0.2, 0.25) is 12.4 Å². The van der Waals surface area contributed by atoms with Gasteiger partial charge in [0.25, 0.3) is 0 Å². The Morgan fingerprint density at radius 1 is 1.05 bits per heavy atom. The summed E-state index contributed by atoms with van der Waals surface area (Å²) < 4.78 is 21.7. The molecule has 0 amide bonds. The maximum atomic E-state index is 13.1. The van der Waals surface area contributed by atoms with Crippen molar-refractivity contribution in [2.75, 3.05) is 6.61 Å². The molecule has 43 heavy (non-hydrogen) atoms. The second kappa shape index (κ2) is 12.7. The highest BCUT2D eigenvalue weighted by Crippen LogP contribution is 2.36. The van der Waals surface area contributed by atoms with Gasteiger partial charge in [0.1, 0.15) is 48.3 Å². The molecule has 1 aliphatic rings. The minimum atomic E-state index is -2.67. The second-order valence-electron chi connectivity index (χ2n) is 10.6. The number of benzene rings is 2. The van der Waals surface area contributed by atoms with Crippen LogP contribution in [0.1, 0.15) is 20.3 Å². The summed E-state index contributed by atoms with van der Waals surface area (Å²) in [6.45, 7) is 2.56. The maximum Gasteiger partial charge on any atom is 0.346 e. The molecule has 2 aromatic carbocycles. The molecule has 1 aliphatic heterocycles. The largest absolute Gasteiger partial charge is 0.508 e. The third-order valence-electron chi connectivity index (χ3n) is 7.12. The van der Waals surface area contributed by atoms with E-state index >= 15 is 0 Å². The van der Waals surface area contributed by atoms with E-state index in [1.165, 1.54) is 36.6 Å². The van der Waals surface area contributed by atoms with Crippen LogP contribution in [0.2, 0.25) is 0 Å². The number of carboxylic acid groups (broad SMARTS) is 1. The first-order valence-electron chi connectivity index (χ1n) is 13.2. The Hall–Kier alpha value is -4.05. The molecule has 4 rings (SSSR count). The lowest BCUT2D eigenvalue weighted by molar-refractivity contribution is -0.334. The highest BCUT2D eigenvalue weighted by atomic mass is 16.7. The van der Waals surface area contributed by atoms with Crippen LogP contribution in [0.25, 0.3) is 22.1 Å². The predicted octanol–water partition coefficient (Wildman–Crippen LogP) is 0.118. The fraction of sp³-hybridized carbons (Fsp3) is 0.414. The van der Waals surface area contributed by atoms with Crippen molar-refractivity contribution in [3.05, 3.63) is 59.0 Å². The molecule has 14 nitrogen and oxygen atoms in total. The molecule has 0 saturated carbocycles. The molecule has 1 saturated heterocycles. The van der Waals surface area contributed by atoms with Crippen molar-refractivity contribution in [2.45, 2.75) is 62.7 Å². The molecule has 2 heterocycles.